The van der Waals surface area contributed by atoms with Crippen LogP contribution in [0.3, 0.4) is 0 Å². The van der Waals surface area contributed by atoms with Gasteiger partial charge in [-0.25, -0.2) is 4.98 Å². The van der Waals surface area contributed by atoms with Crippen molar-refractivity contribution in [2.24, 2.45) is 5.73 Å². The Hall–Kier alpha value is -3.35. The second kappa shape index (κ2) is 6.41. The number of nitrogens with one attached hydrogen (secondary N) is 4. The highest BCUT2D eigenvalue weighted by molar-refractivity contribution is 6.08. The molecule has 2 heterocycles. The summed E-state index contributed by atoms with van der Waals surface area (Å²) in [5.41, 5.74) is 8.26. The number of nitrogens with zero attached hydrogens (tertiary/aromatic N) is 1. The molecule has 6 N–H and O–H groups in total. The first-order valence-electron chi connectivity index (χ1n) is 7.48. The highest BCUT2D eigenvalue weighted by Crippen LogP contribution is 2.21. The molecule has 122 valence electrons. The van der Waals surface area contributed by atoms with Crippen LogP contribution in [0.15, 0.2) is 48.8 Å². The molecule has 0 saturated carbocycles. The van der Waals surface area contributed by atoms with Gasteiger partial charge in [0.15, 0.2) is 5.96 Å². The number of anilines is 1. The maximum Gasteiger partial charge on any atom is 0.255 e. The maximum atomic E-state index is 12.4. The van der Waals surface area contributed by atoms with Crippen molar-refractivity contribution in [3.05, 3.63) is 59.9 Å². The zero-order chi connectivity index (χ0) is 17.1. The Labute approximate surface area is 138 Å². The van der Waals surface area contributed by atoms with Gasteiger partial charge in [-0.1, -0.05) is 12.1 Å². The van der Waals surface area contributed by atoms with E-state index in [0.717, 1.165) is 16.6 Å². The minimum Gasteiger partial charge on any atom is -0.370 e. The zero-order valence-corrected chi connectivity index (χ0v) is 13.1. The fraction of sp³-hybridized carbons (Fsp3) is 0.118. The quantitative estimate of drug-likeness (QED) is 0.374. The van der Waals surface area contributed by atoms with Gasteiger partial charge in [0.2, 0.25) is 0 Å². The number of nitrogens with two attached hydrogens (primary N) is 1. The van der Waals surface area contributed by atoms with E-state index in [0.29, 0.717) is 11.3 Å². The third-order valence-corrected chi connectivity index (χ3v) is 3.75. The number of rotatable bonds is 4. The van der Waals surface area contributed by atoms with Gasteiger partial charge < -0.3 is 21.4 Å². The lowest BCUT2D eigenvalue weighted by atomic mass is 10.1. The SMILES string of the molecule is C[C@@H](NC(=N)N)c1ccc(C(=O)Nc2ccnc3[nH]ccc23)cc1. The van der Waals surface area contributed by atoms with Crippen molar-refractivity contribution in [3.63, 3.8) is 0 Å². The number of fused-ring (bicyclic) bond motifs is 1. The van der Waals surface area contributed by atoms with Crippen molar-refractivity contribution < 1.29 is 4.79 Å². The van der Waals surface area contributed by atoms with E-state index in [1.807, 2.05) is 25.1 Å². The zero-order valence-electron chi connectivity index (χ0n) is 13.1. The van der Waals surface area contributed by atoms with Gasteiger partial charge in [0.05, 0.1) is 11.7 Å². The monoisotopic (exact) mass is 322 g/mol. The molecule has 0 aliphatic carbocycles. The van der Waals surface area contributed by atoms with Crippen LogP contribution in [0.5, 0.6) is 0 Å². The van der Waals surface area contributed by atoms with Gasteiger partial charge in [-0.15, -0.1) is 0 Å². The van der Waals surface area contributed by atoms with Crippen molar-refractivity contribution in [2.75, 3.05) is 5.32 Å². The summed E-state index contributed by atoms with van der Waals surface area (Å²) in [6.45, 7) is 1.90. The maximum absolute atomic E-state index is 12.4. The molecule has 0 aliphatic heterocycles. The molecular weight excluding hydrogens is 304 g/mol. The Morgan fingerprint density at radius 1 is 1.25 bits per heavy atom. The molecule has 0 unspecified atom stereocenters. The van der Waals surface area contributed by atoms with Crippen LogP contribution < -0.4 is 16.4 Å². The lowest BCUT2D eigenvalue weighted by Gasteiger charge is -2.14. The van der Waals surface area contributed by atoms with E-state index in [4.69, 9.17) is 11.1 Å². The standard InChI is InChI=1S/C17H18N6O/c1-10(22-17(18)19)11-2-4-12(5-3-11)16(24)23-14-7-9-21-15-13(14)6-8-20-15/h2-10H,1H3,(H4,18,19,22)(H2,20,21,23,24)/t10-/m1/s1. The van der Waals surface area contributed by atoms with E-state index >= 15 is 0 Å². The van der Waals surface area contributed by atoms with Gasteiger partial charge in [-0.05, 0) is 36.8 Å². The Bertz CT molecular complexity index is 883. The molecule has 7 nitrogen and oxygen atoms in total. The van der Waals surface area contributed by atoms with E-state index in [1.165, 1.54) is 0 Å². The van der Waals surface area contributed by atoms with E-state index in [-0.39, 0.29) is 17.9 Å². The number of benzene rings is 1. The van der Waals surface area contributed by atoms with E-state index in [9.17, 15) is 4.79 Å². The fourth-order valence-electron chi connectivity index (χ4n) is 2.50. The van der Waals surface area contributed by atoms with Crippen LogP contribution in [0, 0.1) is 5.41 Å². The summed E-state index contributed by atoms with van der Waals surface area (Å²) in [5, 5.41) is 13.8. The molecular formula is C17H18N6O. The number of carbonyl (C=O) groups excluding carboxylic acids is 1. The number of carbonyl (C=O) groups is 1. The van der Waals surface area contributed by atoms with Crippen LogP contribution in [-0.2, 0) is 0 Å². The number of guanidine groups is 1. The van der Waals surface area contributed by atoms with Crippen molar-refractivity contribution in [1.82, 2.24) is 15.3 Å². The molecule has 1 atom stereocenters. The highest BCUT2D eigenvalue weighted by Gasteiger charge is 2.11. The van der Waals surface area contributed by atoms with Crippen LogP contribution in [0.1, 0.15) is 28.9 Å². The number of pyridine rings is 1. The molecule has 1 amide bonds. The van der Waals surface area contributed by atoms with E-state index in [2.05, 4.69) is 20.6 Å². The summed E-state index contributed by atoms with van der Waals surface area (Å²) < 4.78 is 0. The Morgan fingerprint density at radius 3 is 2.71 bits per heavy atom. The van der Waals surface area contributed by atoms with Gasteiger partial charge >= 0.3 is 0 Å². The number of amides is 1. The topological polar surface area (TPSA) is 120 Å². The molecule has 3 rings (SSSR count). The summed E-state index contributed by atoms with van der Waals surface area (Å²) in [6.07, 6.45) is 3.43. The van der Waals surface area contributed by atoms with E-state index < -0.39 is 0 Å². The second-order valence-corrected chi connectivity index (χ2v) is 5.45. The predicted octanol–water partition coefficient (Wildman–Crippen LogP) is 2.36. The molecule has 0 radical (unpaired) electrons. The predicted molar refractivity (Wildman–Crippen MR) is 94.0 cm³/mol. The molecule has 0 spiro atoms. The van der Waals surface area contributed by atoms with Gasteiger partial charge in [0.25, 0.3) is 5.91 Å². The van der Waals surface area contributed by atoms with Crippen LogP contribution in [0.25, 0.3) is 11.0 Å². The number of aromatic nitrogens is 2. The molecule has 2 aromatic heterocycles. The van der Waals surface area contributed by atoms with Gasteiger partial charge in [0.1, 0.15) is 5.65 Å². The second-order valence-electron chi connectivity index (χ2n) is 5.45. The summed E-state index contributed by atoms with van der Waals surface area (Å²) in [5.74, 6) is -0.278. The number of hydrogen-bond acceptors (Lipinski definition) is 3. The summed E-state index contributed by atoms with van der Waals surface area (Å²) >= 11 is 0. The molecule has 0 bridgehead atoms. The first-order chi connectivity index (χ1) is 11.5. The lowest BCUT2D eigenvalue weighted by molar-refractivity contribution is 0.102. The van der Waals surface area contributed by atoms with Crippen LogP contribution in [-0.4, -0.2) is 21.8 Å². The molecule has 24 heavy (non-hydrogen) atoms. The minimum atomic E-state index is -0.192. The van der Waals surface area contributed by atoms with Crippen LogP contribution in [0.2, 0.25) is 0 Å². The Balaban J connectivity index is 1.76. The van der Waals surface area contributed by atoms with Crippen molar-refractivity contribution >= 4 is 28.6 Å². The Kier molecular flexibility index (Phi) is 4.15. The largest absolute Gasteiger partial charge is 0.370 e. The molecule has 1 aromatic carbocycles. The smallest absolute Gasteiger partial charge is 0.255 e. The molecule has 0 aliphatic rings. The summed E-state index contributed by atoms with van der Waals surface area (Å²) in [7, 11) is 0. The first-order valence-corrected chi connectivity index (χ1v) is 7.48. The van der Waals surface area contributed by atoms with Crippen molar-refractivity contribution in [3.8, 4) is 0 Å². The average molecular weight is 322 g/mol. The van der Waals surface area contributed by atoms with Crippen LogP contribution >= 0.6 is 0 Å². The van der Waals surface area contributed by atoms with E-state index in [1.54, 1.807) is 30.6 Å². The molecule has 0 fully saturated rings. The average Bonchev–Trinajstić information content (AvgIpc) is 3.04. The van der Waals surface area contributed by atoms with Crippen LogP contribution in [0.4, 0.5) is 5.69 Å². The Morgan fingerprint density at radius 2 is 2.00 bits per heavy atom. The number of aromatic amines is 1. The summed E-state index contributed by atoms with van der Waals surface area (Å²) in [4.78, 5) is 19.6. The first kappa shape index (κ1) is 15.5. The number of H-pyrrole nitrogens is 1. The third kappa shape index (κ3) is 3.19. The summed E-state index contributed by atoms with van der Waals surface area (Å²) in [6, 6.07) is 10.7. The normalized spacial score (nSPS) is 11.9. The van der Waals surface area contributed by atoms with Gasteiger partial charge in [-0.3, -0.25) is 10.2 Å². The highest BCUT2D eigenvalue weighted by atomic mass is 16.1. The number of hydrogen-bond donors (Lipinski definition) is 5. The molecule has 0 saturated heterocycles. The van der Waals surface area contributed by atoms with Crippen molar-refractivity contribution in [2.45, 2.75) is 13.0 Å². The van der Waals surface area contributed by atoms with Gasteiger partial charge in [-0.2, -0.15) is 0 Å². The molecule has 3 aromatic rings. The molecule has 7 heteroatoms. The van der Waals surface area contributed by atoms with Crippen molar-refractivity contribution in [1.29, 1.82) is 5.41 Å². The third-order valence-electron chi connectivity index (χ3n) is 3.75. The fourth-order valence-corrected chi connectivity index (χ4v) is 2.50. The van der Waals surface area contributed by atoms with Gasteiger partial charge in [0, 0.05) is 23.3 Å². The lowest BCUT2D eigenvalue weighted by Crippen LogP contribution is -2.32. The minimum absolute atomic E-state index is 0.0856.